The molecule has 25 heavy (non-hydrogen) atoms. The Hall–Kier alpha value is 0.287. The zero-order chi connectivity index (χ0) is 19.3. The first-order chi connectivity index (χ1) is 11.3. The Morgan fingerprint density at radius 2 is 1.92 bits per heavy atom. The first-order valence-electron chi connectivity index (χ1n) is 9.89. The highest BCUT2D eigenvalue weighted by atomic mass is 79.9. The van der Waals surface area contributed by atoms with Gasteiger partial charge in [0.25, 0.3) is 0 Å². The molecule has 5 heteroatoms. The monoisotopic (exact) mass is 432 g/mol. The van der Waals surface area contributed by atoms with Crippen molar-refractivity contribution in [3.05, 3.63) is 0 Å². The van der Waals surface area contributed by atoms with E-state index in [1.54, 1.807) is 0 Å². The summed E-state index contributed by atoms with van der Waals surface area (Å²) in [6, 6.07) is 0. The Morgan fingerprint density at radius 1 is 1.32 bits per heavy atom. The standard InChI is InChI=1S/C20H37BrO3Si/c1-8-9-10-15(22)16(21)17(23)20(24-25(5,6)7)13-14-11-12-19(20,4)18(14,2)3/h14-16,22H,8-13H2,1-7H3/t14-,15+,16-,19-,20+/m1/s1. The minimum absolute atomic E-state index is 0.0799. The van der Waals surface area contributed by atoms with Crippen molar-refractivity contribution < 1.29 is 14.3 Å². The number of carbonyl (C=O) groups is 1. The molecule has 0 saturated heterocycles. The van der Waals surface area contributed by atoms with Crippen LogP contribution in [-0.4, -0.2) is 35.7 Å². The number of hydrogen-bond acceptors (Lipinski definition) is 3. The Bertz CT molecular complexity index is 516. The number of rotatable bonds is 8. The van der Waals surface area contributed by atoms with Crippen molar-refractivity contribution in [2.45, 2.75) is 102 Å². The van der Waals surface area contributed by atoms with Crippen LogP contribution in [0, 0.1) is 16.7 Å². The maximum absolute atomic E-state index is 13.7. The van der Waals surface area contributed by atoms with Gasteiger partial charge in [0, 0.05) is 5.41 Å². The van der Waals surface area contributed by atoms with Gasteiger partial charge in [0.1, 0.15) is 10.4 Å². The number of carbonyl (C=O) groups excluding carboxylic acids is 1. The average Bonchev–Trinajstić information content (AvgIpc) is 2.81. The molecule has 0 unspecified atom stereocenters. The van der Waals surface area contributed by atoms with Gasteiger partial charge in [0.05, 0.1) is 6.10 Å². The van der Waals surface area contributed by atoms with Crippen LogP contribution in [0.5, 0.6) is 0 Å². The number of aliphatic hydroxyl groups is 1. The van der Waals surface area contributed by atoms with Crippen molar-refractivity contribution >= 4 is 30.0 Å². The Balaban J connectivity index is 2.40. The normalized spacial score (nSPS) is 36.4. The molecule has 1 N–H and O–H groups in total. The molecule has 2 aliphatic carbocycles. The molecule has 0 aromatic carbocycles. The molecule has 0 amide bonds. The lowest BCUT2D eigenvalue weighted by atomic mass is 9.62. The van der Waals surface area contributed by atoms with Gasteiger partial charge in [-0.2, -0.15) is 0 Å². The van der Waals surface area contributed by atoms with Gasteiger partial charge in [-0.1, -0.05) is 56.5 Å². The summed E-state index contributed by atoms with van der Waals surface area (Å²) < 4.78 is 6.74. The van der Waals surface area contributed by atoms with Crippen molar-refractivity contribution in [2.75, 3.05) is 0 Å². The number of aliphatic hydroxyl groups excluding tert-OH is 1. The highest BCUT2D eigenvalue weighted by Gasteiger charge is 2.73. The van der Waals surface area contributed by atoms with E-state index in [1.165, 1.54) is 6.42 Å². The predicted molar refractivity (Wildman–Crippen MR) is 110 cm³/mol. The first kappa shape index (κ1) is 21.6. The minimum Gasteiger partial charge on any atom is -0.404 e. The summed E-state index contributed by atoms with van der Waals surface area (Å²) in [5, 5.41) is 10.6. The fraction of sp³-hybridized carbons (Fsp3) is 0.950. The van der Waals surface area contributed by atoms with Gasteiger partial charge in [-0.25, -0.2) is 0 Å². The SMILES string of the molecule is CCCC[C@H](O)[C@@H](Br)C(=O)[C@@]1(O[Si](C)(C)C)C[C@H]2CC[C@]1(C)C2(C)C. The third-order valence-corrected chi connectivity index (χ3v) is 9.17. The average molecular weight is 434 g/mol. The fourth-order valence-electron chi connectivity index (χ4n) is 5.31. The van der Waals surface area contributed by atoms with Crippen molar-refractivity contribution in [3.8, 4) is 0 Å². The van der Waals surface area contributed by atoms with E-state index in [0.29, 0.717) is 12.3 Å². The van der Waals surface area contributed by atoms with E-state index in [-0.39, 0.29) is 16.6 Å². The zero-order valence-corrected chi connectivity index (χ0v) is 19.7. The molecule has 2 fully saturated rings. The minimum atomic E-state index is -1.93. The summed E-state index contributed by atoms with van der Waals surface area (Å²) in [5.41, 5.74) is -0.840. The van der Waals surface area contributed by atoms with Gasteiger partial charge >= 0.3 is 0 Å². The van der Waals surface area contributed by atoms with Gasteiger partial charge < -0.3 is 9.53 Å². The molecule has 2 aliphatic rings. The smallest absolute Gasteiger partial charge is 0.185 e. The molecule has 2 saturated carbocycles. The van der Waals surface area contributed by atoms with Gasteiger partial charge in [0.15, 0.2) is 14.1 Å². The van der Waals surface area contributed by atoms with Gasteiger partial charge in [-0.3, -0.25) is 4.79 Å². The molecule has 3 nitrogen and oxygen atoms in total. The maximum Gasteiger partial charge on any atom is 0.185 e. The van der Waals surface area contributed by atoms with Crippen LogP contribution in [-0.2, 0) is 9.22 Å². The van der Waals surface area contributed by atoms with E-state index in [2.05, 4.69) is 63.3 Å². The summed E-state index contributed by atoms with van der Waals surface area (Å²) in [6.07, 6.45) is 5.00. The number of hydrogen-bond donors (Lipinski definition) is 1. The fourth-order valence-corrected chi connectivity index (χ4v) is 7.39. The molecular formula is C20H37BrO3Si. The molecule has 0 aromatic heterocycles. The van der Waals surface area contributed by atoms with E-state index in [0.717, 1.165) is 25.7 Å². The number of fused-ring (bicyclic) bond motifs is 2. The lowest BCUT2D eigenvalue weighted by Gasteiger charge is -2.51. The molecule has 0 radical (unpaired) electrons. The van der Waals surface area contributed by atoms with Crippen LogP contribution in [0.3, 0.4) is 0 Å². The first-order valence-corrected chi connectivity index (χ1v) is 14.2. The summed E-state index contributed by atoms with van der Waals surface area (Å²) in [4.78, 5) is 13.2. The molecule has 0 aliphatic heterocycles. The van der Waals surface area contributed by atoms with E-state index in [4.69, 9.17) is 4.43 Å². The van der Waals surface area contributed by atoms with Crippen molar-refractivity contribution in [1.82, 2.24) is 0 Å². The quantitative estimate of drug-likeness (QED) is 0.417. The second kappa shape index (κ2) is 7.03. The summed E-state index contributed by atoms with van der Waals surface area (Å²) >= 11 is 3.56. The molecule has 2 rings (SSSR count). The van der Waals surface area contributed by atoms with Crippen molar-refractivity contribution in [2.24, 2.45) is 16.7 Å². The number of alkyl halides is 1. The van der Waals surface area contributed by atoms with E-state index in [1.807, 2.05) is 0 Å². The lowest BCUT2D eigenvalue weighted by molar-refractivity contribution is -0.152. The summed E-state index contributed by atoms with van der Waals surface area (Å²) in [5.74, 6) is 0.599. The van der Waals surface area contributed by atoms with Crippen LogP contribution in [0.2, 0.25) is 19.6 Å². The molecule has 0 heterocycles. The Morgan fingerprint density at radius 3 is 2.32 bits per heavy atom. The summed E-state index contributed by atoms with van der Waals surface area (Å²) in [7, 11) is -1.93. The largest absolute Gasteiger partial charge is 0.404 e. The van der Waals surface area contributed by atoms with E-state index in [9.17, 15) is 9.90 Å². The number of Topliss-reactive ketones (excluding diaryl/α,β-unsaturated/α-hetero) is 1. The second-order valence-corrected chi connectivity index (χ2v) is 15.4. The lowest BCUT2D eigenvalue weighted by Crippen LogP contribution is -2.61. The van der Waals surface area contributed by atoms with Crippen LogP contribution >= 0.6 is 15.9 Å². The van der Waals surface area contributed by atoms with Crippen molar-refractivity contribution in [1.29, 1.82) is 0 Å². The van der Waals surface area contributed by atoms with Crippen LogP contribution in [0.15, 0.2) is 0 Å². The second-order valence-electron chi connectivity index (χ2n) is 10.0. The van der Waals surface area contributed by atoms with Crippen LogP contribution < -0.4 is 0 Å². The molecule has 2 bridgehead atoms. The third kappa shape index (κ3) is 3.43. The maximum atomic E-state index is 13.7. The van der Waals surface area contributed by atoms with E-state index >= 15 is 0 Å². The van der Waals surface area contributed by atoms with Crippen LogP contribution in [0.1, 0.15) is 66.2 Å². The highest BCUT2D eigenvalue weighted by Crippen LogP contribution is 2.71. The summed E-state index contributed by atoms with van der Waals surface area (Å²) in [6.45, 7) is 15.5. The topological polar surface area (TPSA) is 46.5 Å². The molecule has 5 atom stereocenters. The molecule has 0 aromatic rings. The Labute approximate surface area is 163 Å². The van der Waals surface area contributed by atoms with Gasteiger partial charge in [-0.05, 0) is 56.7 Å². The van der Waals surface area contributed by atoms with E-state index < -0.39 is 24.8 Å². The van der Waals surface area contributed by atoms with Crippen LogP contribution in [0.4, 0.5) is 0 Å². The van der Waals surface area contributed by atoms with Crippen molar-refractivity contribution in [3.63, 3.8) is 0 Å². The third-order valence-electron chi connectivity index (χ3n) is 7.18. The number of ketones is 1. The number of halogens is 1. The predicted octanol–water partition coefficient (Wildman–Crippen LogP) is 5.31. The molecule has 0 spiro atoms. The highest BCUT2D eigenvalue weighted by molar-refractivity contribution is 9.10. The zero-order valence-electron chi connectivity index (χ0n) is 17.1. The molecular weight excluding hydrogens is 396 g/mol. The van der Waals surface area contributed by atoms with Crippen LogP contribution in [0.25, 0.3) is 0 Å². The molecule has 146 valence electrons. The van der Waals surface area contributed by atoms with Gasteiger partial charge in [-0.15, -0.1) is 0 Å². The van der Waals surface area contributed by atoms with Gasteiger partial charge in [0.2, 0.25) is 0 Å². The number of unbranched alkanes of at least 4 members (excludes halogenated alkanes) is 1. The Kier molecular flexibility index (Phi) is 6.07.